The molecule has 0 fully saturated rings. The highest BCUT2D eigenvalue weighted by Gasteiger charge is 2.31. The molecule has 0 saturated heterocycles. The summed E-state index contributed by atoms with van der Waals surface area (Å²) in [6, 6.07) is 14.1. The molecule has 0 aliphatic rings. The van der Waals surface area contributed by atoms with E-state index in [-0.39, 0.29) is 10.8 Å². The van der Waals surface area contributed by atoms with Crippen molar-refractivity contribution in [2.45, 2.75) is 80.1 Å². The molecule has 0 heterocycles. The Balaban J connectivity index is 2.49. The van der Waals surface area contributed by atoms with Crippen molar-refractivity contribution in [3.63, 3.8) is 0 Å². The van der Waals surface area contributed by atoms with E-state index < -0.39 is 0 Å². The average molecular weight is 363 g/mol. The zero-order valence-electron chi connectivity index (χ0n) is 18.7. The molecule has 146 valence electrons. The molecule has 0 spiro atoms. The summed E-state index contributed by atoms with van der Waals surface area (Å²) in [6.45, 7) is 18.2. The average Bonchev–Trinajstić information content (AvgIpc) is 2.65. The molecule has 2 aromatic rings. The van der Waals surface area contributed by atoms with E-state index in [9.17, 15) is 0 Å². The SMILES string of the molecule is CCC(C)(C)/C=C/c1ccc(C(CC)(CC)c2ccc(C)c(C)c2)cc1C. The maximum Gasteiger partial charge on any atom is 0.0197 e. The van der Waals surface area contributed by atoms with Gasteiger partial charge in [0.05, 0.1) is 0 Å². The summed E-state index contributed by atoms with van der Waals surface area (Å²) in [4.78, 5) is 0. The molecular weight excluding hydrogens is 324 g/mol. The van der Waals surface area contributed by atoms with E-state index in [1.165, 1.54) is 33.4 Å². The Morgan fingerprint density at radius 3 is 1.74 bits per heavy atom. The van der Waals surface area contributed by atoms with Crippen molar-refractivity contribution in [1.29, 1.82) is 0 Å². The van der Waals surface area contributed by atoms with Crippen LogP contribution in [0.4, 0.5) is 0 Å². The van der Waals surface area contributed by atoms with Crippen LogP contribution in [0.3, 0.4) is 0 Å². The van der Waals surface area contributed by atoms with Crippen LogP contribution in [0.15, 0.2) is 42.5 Å². The molecule has 0 unspecified atom stereocenters. The van der Waals surface area contributed by atoms with E-state index in [0.717, 1.165) is 19.3 Å². The lowest BCUT2D eigenvalue weighted by Crippen LogP contribution is -2.26. The Hall–Kier alpha value is -1.82. The molecule has 0 heteroatoms. The second kappa shape index (κ2) is 8.46. The summed E-state index contributed by atoms with van der Waals surface area (Å²) < 4.78 is 0. The molecule has 2 aromatic carbocycles. The number of hydrogen-bond donors (Lipinski definition) is 0. The van der Waals surface area contributed by atoms with Gasteiger partial charge in [0.15, 0.2) is 0 Å². The van der Waals surface area contributed by atoms with E-state index >= 15 is 0 Å². The third kappa shape index (κ3) is 4.54. The molecule has 0 saturated carbocycles. The molecule has 27 heavy (non-hydrogen) atoms. The smallest absolute Gasteiger partial charge is 0.0197 e. The first-order valence-electron chi connectivity index (χ1n) is 10.6. The zero-order chi connectivity index (χ0) is 20.2. The largest absolute Gasteiger partial charge is 0.0783 e. The molecule has 0 aliphatic carbocycles. The third-order valence-electron chi connectivity index (χ3n) is 6.71. The zero-order valence-corrected chi connectivity index (χ0v) is 18.7. The maximum absolute atomic E-state index is 2.42. The predicted molar refractivity (Wildman–Crippen MR) is 122 cm³/mol. The van der Waals surface area contributed by atoms with Gasteiger partial charge in [0.25, 0.3) is 0 Å². The third-order valence-corrected chi connectivity index (χ3v) is 6.71. The highest BCUT2D eigenvalue weighted by molar-refractivity contribution is 5.56. The Kier molecular flexibility index (Phi) is 6.73. The van der Waals surface area contributed by atoms with Gasteiger partial charge in [0, 0.05) is 5.41 Å². The van der Waals surface area contributed by atoms with Crippen LogP contribution >= 0.6 is 0 Å². The van der Waals surface area contributed by atoms with E-state index in [1.54, 1.807) is 0 Å². The molecule has 0 amide bonds. The predicted octanol–water partition coefficient (Wildman–Crippen LogP) is 8.17. The van der Waals surface area contributed by atoms with Crippen LogP contribution in [0.5, 0.6) is 0 Å². The highest BCUT2D eigenvalue weighted by Crippen LogP contribution is 2.40. The number of benzene rings is 2. The fraction of sp³-hybridized carbons (Fsp3) is 0.481. The van der Waals surface area contributed by atoms with Crippen molar-refractivity contribution in [1.82, 2.24) is 0 Å². The first-order valence-corrected chi connectivity index (χ1v) is 10.6. The summed E-state index contributed by atoms with van der Waals surface area (Å²) in [5.41, 5.74) is 8.69. The van der Waals surface area contributed by atoms with Crippen molar-refractivity contribution >= 4 is 6.08 Å². The monoisotopic (exact) mass is 362 g/mol. The van der Waals surface area contributed by atoms with Gasteiger partial charge in [0.2, 0.25) is 0 Å². The Labute approximate surface area is 167 Å². The Morgan fingerprint density at radius 2 is 1.26 bits per heavy atom. The van der Waals surface area contributed by atoms with Crippen LogP contribution in [-0.4, -0.2) is 0 Å². The lowest BCUT2D eigenvalue weighted by molar-refractivity contribution is 0.464. The topological polar surface area (TPSA) is 0 Å². The minimum Gasteiger partial charge on any atom is -0.0783 e. The van der Waals surface area contributed by atoms with Gasteiger partial charge in [-0.05, 0) is 78.8 Å². The highest BCUT2D eigenvalue weighted by atomic mass is 14.3. The fourth-order valence-corrected chi connectivity index (χ4v) is 3.87. The second-order valence-electron chi connectivity index (χ2n) is 8.84. The summed E-state index contributed by atoms with van der Waals surface area (Å²) in [7, 11) is 0. The van der Waals surface area contributed by atoms with Crippen molar-refractivity contribution < 1.29 is 0 Å². The van der Waals surface area contributed by atoms with Gasteiger partial charge in [-0.1, -0.05) is 83.2 Å². The molecule has 2 rings (SSSR count). The second-order valence-corrected chi connectivity index (χ2v) is 8.84. The van der Waals surface area contributed by atoms with Crippen LogP contribution < -0.4 is 0 Å². The summed E-state index contributed by atoms with van der Waals surface area (Å²) in [5, 5.41) is 0. The molecule has 0 aromatic heterocycles. The van der Waals surface area contributed by atoms with Crippen molar-refractivity contribution in [3.05, 3.63) is 75.9 Å². The summed E-state index contributed by atoms with van der Waals surface area (Å²) >= 11 is 0. The maximum atomic E-state index is 2.42. The lowest BCUT2D eigenvalue weighted by atomic mass is 9.69. The summed E-state index contributed by atoms with van der Waals surface area (Å²) in [6.07, 6.45) is 8.04. The van der Waals surface area contributed by atoms with Gasteiger partial charge in [-0.15, -0.1) is 0 Å². The summed E-state index contributed by atoms with van der Waals surface area (Å²) in [5.74, 6) is 0. The molecule has 0 N–H and O–H groups in total. The quantitative estimate of drug-likeness (QED) is 0.466. The van der Waals surface area contributed by atoms with Gasteiger partial charge >= 0.3 is 0 Å². The van der Waals surface area contributed by atoms with Gasteiger partial charge in [0.1, 0.15) is 0 Å². The van der Waals surface area contributed by atoms with Crippen molar-refractivity contribution in [2.75, 3.05) is 0 Å². The van der Waals surface area contributed by atoms with Gasteiger partial charge < -0.3 is 0 Å². The Bertz CT molecular complexity index is 801. The normalized spacial score (nSPS) is 12.7. The Morgan fingerprint density at radius 1 is 0.704 bits per heavy atom. The van der Waals surface area contributed by atoms with Crippen LogP contribution in [0.1, 0.15) is 87.3 Å². The number of rotatable bonds is 7. The standard InChI is InChI=1S/C27H38/c1-9-26(7,8)17-16-23-13-15-25(19-22(23)6)27(10-2,11-3)24-14-12-20(4)21(5)18-24/h12-19H,9-11H2,1-8H3/b17-16+. The first-order chi connectivity index (χ1) is 12.7. The number of hydrogen-bond acceptors (Lipinski definition) is 0. The fourth-order valence-electron chi connectivity index (χ4n) is 3.87. The van der Waals surface area contributed by atoms with Crippen LogP contribution in [-0.2, 0) is 5.41 Å². The molecular formula is C27H38. The molecule has 0 bridgehead atoms. The van der Waals surface area contributed by atoms with E-state index in [1.807, 2.05) is 0 Å². The van der Waals surface area contributed by atoms with Crippen molar-refractivity contribution in [2.24, 2.45) is 5.41 Å². The van der Waals surface area contributed by atoms with E-state index in [2.05, 4.69) is 104 Å². The van der Waals surface area contributed by atoms with Crippen LogP contribution in [0.25, 0.3) is 6.08 Å². The molecule has 0 radical (unpaired) electrons. The number of aryl methyl sites for hydroxylation is 3. The van der Waals surface area contributed by atoms with Crippen LogP contribution in [0, 0.1) is 26.2 Å². The van der Waals surface area contributed by atoms with E-state index in [0.29, 0.717) is 0 Å². The van der Waals surface area contributed by atoms with Gasteiger partial charge in [-0.2, -0.15) is 0 Å². The molecule has 0 atom stereocenters. The lowest BCUT2D eigenvalue weighted by Gasteiger charge is -2.34. The number of allylic oxidation sites excluding steroid dienone is 1. The van der Waals surface area contributed by atoms with Crippen LogP contribution in [0.2, 0.25) is 0 Å². The molecule has 0 nitrogen and oxygen atoms in total. The van der Waals surface area contributed by atoms with Gasteiger partial charge in [-0.25, -0.2) is 0 Å². The molecule has 0 aliphatic heterocycles. The van der Waals surface area contributed by atoms with Crippen molar-refractivity contribution in [3.8, 4) is 0 Å². The minimum absolute atomic E-state index is 0.0914. The van der Waals surface area contributed by atoms with E-state index in [4.69, 9.17) is 0 Å². The van der Waals surface area contributed by atoms with Gasteiger partial charge in [-0.3, -0.25) is 0 Å². The first kappa shape index (κ1) is 21.5. The minimum atomic E-state index is 0.0914.